The van der Waals surface area contributed by atoms with Crippen molar-refractivity contribution in [2.75, 3.05) is 6.61 Å². The van der Waals surface area contributed by atoms with E-state index in [9.17, 15) is 4.79 Å². The van der Waals surface area contributed by atoms with Gasteiger partial charge in [-0.25, -0.2) is 0 Å². The first kappa shape index (κ1) is 17.5. The summed E-state index contributed by atoms with van der Waals surface area (Å²) in [5.41, 5.74) is 3.04. The lowest BCUT2D eigenvalue weighted by Crippen LogP contribution is -2.09. The molecule has 2 aromatic carbocycles. The minimum absolute atomic E-state index is 0.213. The van der Waals surface area contributed by atoms with Crippen LogP contribution in [0.2, 0.25) is 0 Å². The highest BCUT2D eigenvalue weighted by Crippen LogP contribution is 2.27. The molecule has 3 aromatic rings. The van der Waals surface area contributed by atoms with Crippen LogP contribution in [0.3, 0.4) is 0 Å². The molecule has 0 amide bonds. The molecule has 1 heterocycles. The molecular formula is C20H20BrNO3. The second kappa shape index (κ2) is 7.74. The van der Waals surface area contributed by atoms with E-state index in [0.29, 0.717) is 19.0 Å². The lowest BCUT2D eigenvalue weighted by molar-refractivity contribution is -0.142. The zero-order valence-electron chi connectivity index (χ0n) is 14.3. The van der Waals surface area contributed by atoms with E-state index in [1.165, 1.54) is 5.39 Å². The third kappa shape index (κ3) is 4.04. The minimum Gasteiger partial charge on any atom is -0.489 e. The van der Waals surface area contributed by atoms with Crippen LogP contribution in [0.1, 0.15) is 18.1 Å². The number of carbonyl (C=O) groups is 1. The van der Waals surface area contributed by atoms with Gasteiger partial charge < -0.3 is 14.0 Å². The number of aromatic nitrogens is 1. The van der Waals surface area contributed by atoms with Crippen LogP contribution in [0, 0.1) is 0 Å². The highest BCUT2D eigenvalue weighted by Gasteiger charge is 2.11. The molecule has 130 valence electrons. The van der Waals surface area contributed by atoms with Crippen molar-refractivity contribution in [2.24, 2.45) is 7.05 Å². The van der Waals surface area contributed by atoms with Crippen molar-refractivity contribution in [1.82, 2.24) is 4.57 Å². The second-order valence-electron chi connectivity index (χ2n) is 5.82. The molecule has 0 saturated heterocycles. The number of ether oxygens (including phenoxy) is 2. The van der Waals surface area contributed by atoms with E-state index >= 15 is 0 Å². The summed E-state index contributed by atoms with van der Waals surface area (Å²) in [7, 11) is 2.02. The number of hydrogen-bond donors (Lipinski definition) is 0. The molecule has 4 nitrogen and oxygen atoms in total. The molecule has 0 atom stereocenters. The van der Waals surface area contributed by atoms with Gasteiger partial charge in [0.1, 0.15) is 12.4 Å². The fraction of sp³-hybridized carbons (Fsp3) is 0.250. The predicted molar refractivity (Wildman–Crippen MR) is 102 cm³/mol. The fourth-order valence-corrected chi connectivity index (χ4v) is 3.41. The molecule has 0 aliphatic heterocycles. The molecule has 0 aliphatic carbocycles. The Bertz CT molecular complexity index is 901. The number of benzene rings is 2. The quantitative estimate of drug-likeness (QED) is 0.565. The normalized spacial score (nSPS) is 10.8. The van der Waals surface area contributed by atoms with Crippen LogP contribution in [0.5, 0.6) is 5.75 Å². The summed E-state index contributed by atoms with van der Waals surface area (Å²) in [6.45, 7) is 2.62. The van der Waals surface area contributed by atoms with Crippen LogP contribution in [-0.4, -0.2) is 17.1 Å². The average molecular weight is 402 g/mol. The van der Waals surface area contributed by atoms with Gasteiger partial charge in [-0.05, 0) is 36.8 Å². The number of halogens is 1. The molecular weight excluding hydrogens is 382 g/mol. The molecule has 0 bridgehead atoms. The van der Waals surface area contributed by atoms with Crippen molar-refractivity contribution in [2.45, 2.75) is 20.0 Å². The topological polar surface area (TPSA) is 40.5 Å². The zero-order chi connectivity index (χ0) is 17.8. The first-order valence-corrected chi connectivity index (χ1v) is 8.97. The smallest absolute Gasteiger partial charge is 0.310 e. The highest BCUT2D eigenvalue weighted by atomic mass is 79.9. The van der Waals surface area contributed by atoms with Gasteiger partial charge in [0.05, 0.1) is 13.0 Å². The van der Waals surface area contributed by atoms with Crippen LogP contribution >= 0.6 is 15.9 Å². The summed E-state index contributed by atoms with van der Waals surface area (Å²) in [6.07, 6.45) is 2.25. The molecule has 0 saturated carbocycles. The van der Waals surface area contributed by atoms with Crippen molar-refractivity contribution in [3.63, 3.8) is 0 Å². The molecule has 0 spiro atoms. The van der Waals surface area contributed by atoms with Gasteiger partial charge in [0.25, 0.3) is 0 Å². The Morgan fingerprint density at radius 3 is 2.80 bits per heavy atom. The van der Waals surface area contributed by atoms with Crippen molar-refractivity contribution in [3.8, 4) is 5.75 Å². The van der Waals surface area contributed by atoms with Crippen LogP contribution in [0.25, 0.3) is 10.9 Å². The van der Waals surface area contributed by atoms with Crippen LogP contribution < -0.4 is 4.74 Å². The Balaban J connectivity index is 1.78. The third-order valence-electron chi connectivity index (χ3n) is 4.02. The summed E-state index contributed by atoms with van der Waals surface area (Å²) in [5, 5.41) is 1.17. The Labute approximate surface area is 155 Å². The summed E-state index contributed by atoms with van der Waals surface area (Å²) in [6, 6.07) is 13.8. The van der Waals surface area contributed by atoms with Crippen molar-refractivity contribution in [3.05, 3.63) is 64.3 Å². The van der Waals surface area contributed by atoms with E-state index in [-0.39, 0.29) is 12.4 Å². The zero-order valence-corrected chi connectivity index (χ0v) is 15.9. The Morgan fingerprint density at radius 1 is 1.20 bits per heavy atom. The number of carbonyl (C=O) groups excluding carboxylic acids is 1. The van der Waals surface area contributed by atoms with E-state index in [1.807, 2.05) is 37.5 Å². The van der Waals surface area contributed by atoms with Gasteiger partial charge in [-0.15, -0.1) is 0 Å². The summed E-state index contributed by atoms with van der Waals surface area (Å²) in [5.74, 6) is 0.463. The standard InChI is InChI=1S/C20H20BrNO3/c1-3-24-20(23)12-15-6-4-5-7-19(15)25-13-14-10-17(21)16-8-9-22(2)18(16)11-14/h4-11H,3,12-13H2,1-2H3. The Morgan fingerprint density at radius 2 is 2.00 bits per heavy atom. The number of para-hydroxylation sites is 1. The van der Waals surface area contributed by atoms with Crippen LogP contribution in [-0.2, 0) is 29.6 Å². The Hall–Kier alpha value is -2.27. The number of fused-ring (bicyclic) bond motifs is 1. The first-order chi connectivity index (χ1) is 12.1. The SMILES string of the molecule is CCOC(=O)Cc1ccccc1OCc1cc(Br)c2ccn(C)c2c1. The van der Waals surface area contributed by atoms with Crippen molar-refractivity contribution < 1.29 is 14.3 Å². The van der Waals surface area contributed by atoms with E-state index < -0.39 is 0 Å². The lowest BCUT2D eigenvalue weighted by atomic mass is 10.1. The van der Waals surface area contributed by atoms with Gasteiger partial charge in [-0.3, -0.25) is 4.79 Å². The molecule has 5 heteroatoms. The maximum Gasteiger partial charge on any atom is 0.310 e. The van der Waals surface area contributed by atoms with E-state index in [0.717, 1.165) is 21.1 Å². The molecule has 0 fully saturated rings. The number of esters is 1. The van der Waals surface area contributed by atoms with E-state index in [1.54, 1.807) is 6.92 Å². The lowest BCUT2D eigenvalue weighted by Gasteiger charge is -2.12. The molecule has 1 aromatic heterocycles. The van der Waals surface area contributed by atoms with Gasteiger partial charge in [0.15, 0.2) is 0 Å². The minimum atomic E-state index is -0.244. The maximum atomic E-state index is 11.8. The van der Waals surface area contributed by atoms with Gasteiger partial charge in [-0.2, -0.15) is 0 Å². The van der Waals surface area contributed by atoms with Gasteiger partial charge >= 0.3 is 5.97 Å². The first-order valence-electron chi connectivity index (χ1n) is 8.18. The number of nitrogens with zero attached hydrogens (tertiary/aromatic N) is 1. The molecule has 25 heavy (non-hydrogen) atoms. The predicted octanol–water partition coefficient (Wildman–Crippen LogP) is 4.63. The van der Waals surface area contributed by atoms with Gasteiger partial charge in [0.2, 0.25) is 0 Å². The molecule has 0 aliphatic rings. The van der Waals surface area contributed by atoms with E-state index in [2.05, 4.69) is 38.7 Å². The summed E-state index contributed by atoms with van der Waals surface area (Å²) < 4.78 is 14.1. The molecule has 0 radical (unpaired) electrons. The van der Waals surface area contributed by atoms with Crippen LogP contribution in [0.4, 0.5) is 0 Å². The van der Waals surface area contributed by atoms with Gasteiger partial charge in [-0.1, -0.05) is 34.1 Å². The molecule has 3 rings (SSSR count). The molecule has 0 unspecified atom stereocenters. The van der Waals surface area contributed by atoms with Crippen LogP contribution in [0.15, 0.2) is 53.1 Å². The van der Waals surface area contributed by atoms with E-state index in [4.69, 9.17) is 9.47 Å². The molecule has 0 N–H and O–H groups in total. The summed E-state index contributed by atoms with van der Waals surface area (Å²) in [4.78, 5) is 11.8. The number of rotatable bonds is 6. The van der Waals surface area contributed by atoms with Crippen molar-refractivity contribution >= 4 is 32.8 Å². The van der Waals surface area contributed by atoms with Crippen molar-refractivity contribution in [1.29, 1.82) is 0 Å². The maximum absolute atomic E-state index is 11.8. The Kier molecular flexibility index (Phi) is 5.43. The van der Waals surface area contributed by atoms with Gasteiger partial charge in [0, 0.05) is 34.2 Å². The number of hydrogen-bond acceptors (Lipinski definition) is 3. The second-order valence-corrected chi connectivity index (χ2v) is 6.67. The number of aryl methyl sites for hydroxylation is 1. The summed E-state index contributed by atoms with van der Waals surface area (Å²) >= 11 is 3.62. The third-order valence-corrected chi connectivity index (χ3v) is 4.68. The largest absolute Gasteiger partial charge is 0.489 e. The highest BCUT2D eigenvalue weighted by molar-refractivity contribution is 9.10. The average Bonchev–Trinajstić information content (AvgIpc) is 2.96. The monoisotopic (exact) mass is 401 g/mol. The fourth-order valence-electron chi connectivity index (χ4n) is 2.78.